The van der Waals surface area contributed by atoms with Crippen LogP contribution in [-0.2, 0) is 6.54 Å². The van der Waals surface area contributed by atoms with Crippen LogP contribution in [0.3, 0.4) is 0 Å². The van der Waals surface area contributed by atoms with Gasteiger partial charge in [0.1, 0.15) is 5.76 Å². The molecular formula is C19H23N3O2S. The van der Waals surface area contributed by atoms with Crippen LogP contribution in [0.1, 0.15) is 30.6 Å². The molecule has 3 aromatic rings. The molecular weight excluding hydrogens is 334 g/mol. The molecule has 0 saturated heterocycles. The Morgan fingerprint density at radius 3 is 2.64 bits per heavy atom. The highest BCUT2D eigenvalue weighted by Crippen LogP contribution is 2.28. The van der Waals surface area contributed by atoms with E-state index in [0.717, 1.165) is 53.9 Å². The third-order valence-electron chi connectivity index (χ3n) is 4.03. The van der Waals surface area contributed by atoms with Gasteiger partial charge in [0.15, 0.2) is 11.0 Å². The van der Waals surface area contributed by atoms with Gasteiger partial charge in [-0.3, -0.25) is 4.57 Å². The summed E-state index contributed by atoms with van der Waals surface area (Å²) in [6.07, 6.45) is 4.64. The average Bonchev–Trinajstić information content (AvgIpc) is 3.22. The van der Waals surface area contributed by atoms with Crippen LogP contribution < -0.4 is 0 Å². The Morgan fingerprint density at radius 1 is 1.08 bits per heavy atom. The van der Waals surface area contributed by atoms with E-state index in [0.29, 0.717) is 0 Å². The summed E-state index contributed by atoms with van der Waals surface area (Å²) in [4.78, 5) is 0. The van der Waals surface area contributed by atoms with Crippen molar-refractivity contribution in [2.24, 2.45) is 0 Å². The predicted octanol–water partition coefficient (Wildman–Crippen LogP) is 4.15. The van der Waals surface area contributed by atoms with Crippen LogP contribution in [0, 0.1) is 6.92 Å². The number of thioether (sulfide) groups is 1. The average molecular weight is 357 g/mol. The minimum Gasteiger partial charge on any atom is -0.469 e. The molecule has 0 radical (unpaired) electrons. The van der Waals surface area contributed by atoms with Crippen LogP contribution in [-0.4, -0.2) is 32.2 Å². The number of aliphatic hydroxyl groups is 1. The standard InChI is InChI=1S/C19H23N3O2S/c1-15-17(10-12-24-15)18-20-21-19(25-13-7-3-6-11-23)22(18)14-16-8-4-2-5-9-16/h2,4-5,8-10,12,23H,3,6-7,11,13-14H2,1H3. The number of benzene rings is 1. The Bertz CT molecular complexity index is 783. The van der Waals surface area contributed by atoms with Crippen molar-refractivity contribution in [1.82, 2.24) is 14.8 Å². The van der Waals surface area contributed by atoms with Crippen molar-refractivity contribution in [2.45, 2.75) is 37.9 Å². The number of unbranched alkanes of at least 4 members (excludes halogenated alkanes) is 2. The molecule has 5 nitrogen and oxygen atoms in total. The van der Waals surface area contributed by atoms with Crippen LogP contribution in [0.25, 0.3) is 11.4 Å². The molecule has 0 atom stereocenters. The van der Waals surface area contributed by atoms with E-state index in [1.54, 1.807) is 18.0 Å². The zero-order valence-corrected chi connectivity index (χ0v) is 15.2. The number of aliphatic hydroxyl groups excluding tert-OH is 1. The number of furan rings is 1. The summed E-state index contributed by atoms with van der Waals surface area (Å²) < 4.78 is 7.60. The molecule has 3 rings (SSSR count). The van der Waals surface area contributed by atoms with Gasteiger partial charge in [0, 0.05) is 12.4 Å². The molecule has 2 aromatic heterocycles. The van der Waals surface area contributed by atoms with E-state index in [4.69, 9.17) is 9.52 Å². The van der Waals surface area contributed by atoms with Crippen LogP contribution in [0.4, 0.5) is 0 Å². The first kappa shape index (κ1) is 17.8. The lowest BCUT2D eigenvalue weighted by Crippen LogP contribution is -2.04. The Kier molecular flexibility index (Phi) is 6.30. The zero-order chi connectivity index (χ0) is 17.5. The fraction of sp³-hybridized carbons (Fsp3) is 0.368. The smallest absolute Gasteiger partial charge is 0.191 e. The summed E-state index contributed by atoms with van der Waals surface area (Å²) in [6, 6.07) is 12.3. The first-order valence-electron chi connectivity index (χ1n) is 8.55. The summed E-state index contributed by atoms with van der Waals surface area (Å²) in [5, 5.41) is 18.6. The molecule has 0 spiro atoms. The van der Waals surface area contributed by atoms with E-state index in [-0.39, 0.29) is 6.61 Å². The summed E-state index contributed by atoms with van der Waals surface area (Å²) in [6.45, 7) is 2.93. The molecule has 25 heavy (non-hydrogen) atoms. The van der Waals surface area contributed by atoms with Crippen molar-refractivity contribution in [3.8, 4) is 11.4 Å². The third kappa shape index (κ3) is 4.52. The Labute approximate surface area is 152 Å². The molecule has 0 aliphatic heterocycles. The predicted molar refractivity (Wildman–Crippen MR) is 99.7 cm³/mol. The number of nitrogens with zero attached hydrogens (tertiary/aromatic N) is 3. The van der Waals surface area contributed by atoms with Gasteiger partial charge in [0.25, 0.3) is 0 Å². The first-order chi connectivity index (χ1) is 12.3. The van der Waals surface area contributed by atoms with E-state index >= 15 is 0 Å². The normalized spacial score (nSPS) is 11.1. The lowest BCUT2D eigenvalue weighted by atomic mass is 10.2. The molecule has 0 aliphatic carbocycles. The number of hydrogen-bond acceptors (Lipinski definition) is 5. The van der Waals surface area contributed by atoms with E-state index in [9.17, 15) is 0 Å². The maximum absolute atomic E-state index is 8.88. The summed E-state index contributed by atoms with van der Waals surface area (Å²) in [5.74, 6) is 2.66. The molecule has 132 valence electrons. The van der Waals surface area contributed by atoms with Gasteiger partial charge in [-0.15, -0.1) is 10.2 Å². The summed E-state index contributed by atoms with van der Waals surface area (Å²) >= 11 is 1.72. The highest BCUT2D eigenvalue weighted by Gasteiger charge is 2.17. The van der Waals surface area contributed by atoms with E-state index < -0.39 is 0 Å². The zero-order valence-electron chi connectivity index (χ0n) is 14.4. The number of rotatable bonds is 9. The monoisotopic (exact) mass is 357 g/mol. The van der Waals surface area contributed by atoms with Gasteiger partial charge in [0.2, 0.25) is 0 Å². The molecule has 0 unspecified atom stereocenters. The maximum atomic E-state index is 8.88. The minimum atomic E-state index is 0.263. The van der Waals surface area contributed by atoms with Crippen LogP contribution in [0.15, 0.2) is 52.2 Å². The molecule has 2 heterocycles. The van der Waals surface area contributed by atoms with Crippen molar-refractivity contribution >= 4 is 11.8 Å². The number of hydrogen-bond donors (Lipinski definition) is 1. The van der Waals surface area contributed by atoms with Gasteiger partial charge >= 0.3 is 0 Å². The third-order valence-corrected chi connectivity index (χ3v) is 5.09. The van der Waals surface area contributed by atoms with Gasteiger partial charge in [-0.05, 0) is 31.4 Å². The van der Waals surface area contributed by atoms with Gasteiger partial charge in [0.05, 0.1) is 18.4 Å². The Hall–Kier alpha value is -2.05. The fourth-order valence-corrected chi connectivity index (χ4v) is 3.61. The Morgan fingerprint density at radius 2 is 1.92 bits per heavy atom. The molecule has 0 amide bonds. The van der Waals surface area contributed by atoms with E-state index in [1.165, 1.54) is 5.56 Å². The minimum absolute atomic E-state index is 0.263. The lowest BCUT2D eigenvalue weighted by molar-refractivity contribution is 0.284. The SMILES string of the molecule is Cc1occc1-c1nnc(SCCCCCO)n1Cc1ccccc1. The molecule has 0 bridgehead atoms. The van der Waals surface area contributed by atoms with E-state index in [1.807, 2.05) is 31.2 Å². The van der Waals surface area contributed by atoms with Crippen LogP contribution >= 0.6 is 11.8 Å². The molecule has 1 aromatic carbocycles. The molecule has 0 saturated carbocycles. The summed E-state index contributed by atoms with van der Waals surface area (Å²) in [5.41, 5.74) is 2.20. The van der Waals surface area contributed by atoms with Crippen molar-refractivity contribution in [1.29, 1.82) is 0 Å². The van der Waals surface area contributed by atoms with Gasteiger partial charge in [-0.2, -0.15) is 0 Å². The fourth-order valence-electron chi connectivity index (χ4n) is 2.67. The van der Waals surface area contributed by atoms with Crippen molar-refractivity contribution in [2.75, 3.05) is 12.4 Å². The van der Waals surface area contributed by atoms with Gasteiger partial charge in [-0.1, -0.05) is 48.5 Å². The molecule has 1 N–H and O–H groups in total. The first-order valence-corrected chi connectivity index (χ1v) is 9.53. The largest absolute Gasteiger partial charge is 0.469 e. The van der Waals surface area contributed by atoms with Crippen molar-refractivity contribution in [3.05, 3.63) is 54.0 Å². The number of aromatic nitrogens is 3. The Balaban J connectivity index is 1.82. The van der Waals surface area contributed by atoms with Gasteiger partial charge in [-0.25, -0.2) is 0 Å². The number of aryl methyl sites for hydroxylation is 1. The molecule has 0 fully saturated rings. The maximum Gasteiger partial charge on any atom is 0.191 e. The van der Waals surface area contributed by atoms with E-state index in [2.05, 4.69) is 26.9 Å². The second-order valence-electron chi connectivity index (χ2n) is 5.90. The molecule has 6 heteroatoms. The summed E-state index contributed by atoms with van der Waals surface area (Å²) in [7, 11) is 0. The van der Waals surface area contributed by atoms with Gasteiger partial charge < -0.3 is 9.52 Å². The lowest BCUT2D eigenvalue weighted by Gasteiger charge is -2.10. The highest BCUT2D eigenvalue weighted by atomic mass is 32.2. The molecule has 0 aliphatic rings. The topological polar surface area (TPSA) is 64.1 Å². The quantitative estimate of drug-likeness (QED) is 0.460. The highest BCUT2D eigenvalue weighted by molar-refractivity contribution is 7.99. The van der Waals surface area contributed by atoms with Crippen molar-refractivity contribution < 1.29 is 9.52 Å². The van der Waals surface area contributed by atoms with Crippen LogP contribution in [0.2, 0.25) is 0 Å². The second-order valence-corrected chi connectivity index (χ2v) is 6.96. The van der Waals surface area contributed by atoms with Crippen LogP contribution in [0.5, 0.6) is 0 Å². The second kappa shape index (κ2) is 8.87. The van der Waals surface area contributed by atoms with Crippen molar-refractivity contribution in [3.63, 3.8) is 0 Å².